The molecular weight excluding hydrogens is 369 g/mol. The third kappa shape index (κ3) is 4.45. The van der Waals surface area contributed by atoms with Gasteiger partial charge in [0, 0.05) is 32.7 Å². The van der Waals surface area contributed by atoms with E-state index < -0.39 is 15.8 Å². The molecule has 8 heteroatoms. The zero-order chi connectivity index (χ0) is 19.3. The minimum absolute atomic E-state index is 0.0452. The Bertz CT molecular complexity index is 935. The van der Waals surface area contributed by atoms with Gasteiger partial charge in [0.05, 0.1) is 10.5 Å². The van der Waals surface area contributed by atoms with Crippen molar-refractivity contribution < 1.29 is 17.5 Å². The second kappa shape index (κ2) is 8.48. The molecule has 0 atom stereocenters. The van der Waals surface area contributed by atoms with Crippen LogP contribution >= 0.6 is 0 Å². The van der Waals surface area contributed by atoms with Crippen LogP contribution in [0, 0.1) is 17.1 Å². The molecule has 0 saturated carbocycles. The van der Waals surface area contributed by atoms with Gasteiger partial charge in [-0.05, 0) is 24.3 Å². The van der Waals surface area contributed by atoms with Gasteiger partial charge in [0.1, 0.15) is 12.7 Å². The summed E-state index contributed by atoms with van der Waals surface area (Å²) in [6.45, 7) is 2.68. The van der Waals surface area contributed by atoms with Crippen molar-refractivity contribution in [2.75, 3.05) is 39.3 Å². The van der Waals surface area contributed by atoms with E-state index in [2.05, 4.69) is 4.90 Å². The number of sulfonamides is 1. The Morgan fingerprint density at radius 3 is 2.41 bits per heavy atom. The number of halogens is 1. The Morgan fingerprint density at radius 1 is 1.04 bits per heavy atom. The third-order valence-corrected chi connectivity index (χ3v) is 6.42. The molecule has 6 nitrogen and oxygen atoms in total. The van der Waals surface area contributed by atoms with Crippen molar-refractivity contribution >= 4 is 10.0 Å². The number of rotatable bonds is 6. The van der Waals surface area contributed by atoms with Gasteiger partial charge in [0.25, 0.3) is 0 Å². The largest absolute Gasteiger partial charge is 0.489 e. The number of nitriles is 1. The second-order valence-corrected chi connectivity index (χ2v) is 8.04. The number of hydrogen-bond donors (Lipinski definition) is 0. The van der Waals surface area contributed by atoms with E-state index in [9.17, 15) is 12.8 Å². The molecule has 2 aromatic rings. The summed E-state index contributed by atoms with van der Waals surface area (Å²) in [6.07, 6.45) is 0. The van der Waals surface area contributed by atoms with Gasteiger partial charge in [0.15, 0.2) is 11.6 Å². The first-order chi connectivity index (χ1) is 13.0. The predicted molar refractivity (Wildman–Crippen MR) is 98.3 cm³/mol. The molecule has 0 bridgehead atoms. The van der Waals surface area contributed by atoms with Crippen molar-refractivity contribution in [2.45, 2.75) is 4.90 Å². The average Bonchev–Trinajstić information content (AvgIpc) is 2.70. The minimum Gasteiger partial charge on any atom is -0.489 e. The molecule has 0 radical (unpaired) electrons. The van der Waals surface area contributed by atoms with E-state index in [0.29, 0.717) is 39.3 Å². The maximum atomic E-state index is 13.5. The molecule has 3 rings (SSSR count). The number of piperazine rings is 1. The van der Waals surface area contributed by atoms with Crippen LogP contribution in [-0.2, 0) is 10.0 Å². The first-order valence-corrected chi connectivity index (χ1v) is 10.1. The van der Waals surface area contributed by atoms with Gasteiger partial charge in [-0.25, -0.2) is 12.8 Å². The Balaban J connectivity index is 1.54. The number of nitrogens with zero attached hydrogens (tertiary/aromatic N) is 3. The SMILES string of the molecule is N#Cc1ccccc1S(=O)(=O)N1CCN(CCOc2ccccc2F)CC1. The van der Waals surface area contributed by atoms with Gasteiger partial charge >= 0.3 is 0 Å². The van der Waals surface area contributed by atoms with Gasteiger partial charge in [-0.3, -0.25) is 4.90 Å². The summed E-state index contributed by atoms with van der Waals surface area (Å²) in [6, 6.07) is 14.4. The summed E-state index contributed by atoms with van der Waals surface area (Å²) in [5.41, 5.74) is 0.151. The van der Waals surface area contributed by atoms with Crippen molar-refractivity contribution in [2.24, 2.45) is 0 Å². The zero-order valence-corrected chi connectivity index (χ0v) is 15.5. The lowest BCUT2D eigenvalue weighted by atomic mass is 10.2. The third-order valence-electron chi connectivity index (χ3n) is 4.46. The summed E-state index contributed by atoms with van der Waals surface area (Å²) >= 11 is 0. The molecule has 0 aromatic heterocycles. The lowest BCUT2D eigenvalue weighted by Gasteiger charge is -2.33. The van der Waals surface area contributed by atoms with Crippen molar-refractivity contribution in [3.63, 3.8) is 0 Å². The fourth-order valence-corrected chi connectivity index (χ4v) is 4.53. The number of ether oxygens (including phenoxy) is 1. The first kappa shape index (κ1) is 19.3. The highest BCUT2D eigenvalue weighted by Gasteiger charge is 2.30. The molecule has 0 unspecified atom stereocenters. The molecule has 1 heterocycles. The summed E-state index contributed by atoms with van der Waals surface area (Å²) in [7, 11) is -3.69. The normalized spacial score (nSPS) is 16.0. The smallest absolute Gasteiger partial charge is 0.244 e. The number of benzene rings is 2. The molecule has 1 aliphatic rings. The Labute approximate surface area is 158 Å². The van der Waals surface area contributed by atoms with Crippen LogP contribution in [0.15, 0.2) is 53.4 Å². The monoisotopic (exact) mass is 389 g/mol. The van der Waals surface area contributed by atoms with E-state index in [1.165, 1.54) is 22.5 Å². The second-order valence-electron chi connectivity index (χ2n) is 6.13. The Hall–Kier alpha value is -2.47. The fraction of sp³-hybridized carbons (Fsp3) is 0.316. The van der Waals surface area contributed by atoms with Gasteiger partial charge in [-0.15, -0.1) is 0 Å². The highest BCUT2D eigenvalue weighted by Crippen LogP contribution is 2.21. The Kier molecular flexibility index (Phi) is 6.06. The average molecular weight is 389 g/mol. The predicted octanol–water partition coefficient (Wildman–Crippen LogP) is 2.08. The standard InChI is InChI=1S/C19H20FN3O3S/c20-17-6-2-3-7-18(17)26-14-13-22-9-11-23(12-10-22)27(24,25)19-8-4-1-5-16(19)15-21/h1-8H,9-14H2. The molecule has 0 aliphatic carbocycles. The van der Waals surface area contributed by atoms with Crippen LogP contribution in [0.5, 0.6) is 5.75 Å². The fourth-order valence-electron chi connectivity index (χ4n) is 2.96. The maximum Gasteiger partial charge on any atom is 0.244 e. The quantitative estimate of drug-likeness (QED) is 0.756. The number of hydrogen-bond acceptors (Lipinski definition) is 5. The molecule has 2 aromatic carbocycles. The lowest BCUT2D eigenvalue weighted by molar-refractivity contribution is 0.157. The minimum atomic E-state index is -3.69. The van der Waals surface area contributed by atoms with E-state index in [4.69, 9.17) is 10.00 Å². The van der Waals surface area contributed by atoms with Gasteiger partial charge in [0.2, 0.25) is 10.0 Å². The summed E-state index contributed by atoms with van der Waals surface area (Å²) in [4.78, 5) is 2.12. The maximum absolute atomic E-state index is 13.5. The van der Waals surface area contributed by atoms with Crippen LogP contribution in [0.4, 0.5) is 4.39 Å². The summed E-state index contributed by atoms with van der Waals surface area (Å²) < 4.78 is 46.0. The highest BCUT2D eigenvalue weighted by atomic mass is 32.2. The molecule has 1 fully saturated rings. The van der Waals surface area contributed by atoms with Crippen LogP contribution in [0.25, 0.3) is 0 Å². The number of para-hydroxylation sites is 1. The van der Waals surface area contributed by atoms with Gasteiger partial charge in [-0.1, -0.05) is 24.3 Å². The molecule has 0 amide bonds. The summed E-state index contributed by atoms with van der Waals surface area (Å²) in [5, 5.41) is 9.15. The van der Waals surface area contributed by atoms with Crippen molar-refractivity contribution in [1.29, 1.82) is 5.26 Å². The van der Waals surface area contributed by atoms with E-state index >= 15 is 0 Å². The van der Waals surface area contributed by atoms with Crippen LogP contribution < -0.4 is 4.74 Å². The van der Waals surface area contributed by atoms with Crippen LogP contribution in [0.1, 0.15) is 5.56 Å². The molecular formula is C19H20FN3O3S. The van der Waals surface area contributed by atoms with Crippen LogP contribution in [0.2, 0.25) is 0 Å². The lowest BCUT2D eigenvalue weighted by Crippen LogP contribution is -2.49. The van der Waals surface area contributed by atoms with Gasteiger partial charge in [-0.2, -0.15) is 9.57 Å². The molecule has 1 aliphatic heterocycles. The van der Waals surface area contributed by atoms with Crippen molar-refractivity contribution in [1.82, 2.24) is 9.21 Å². The van der Waals surface area contributed by atoms with E-state index in [1.54, 1.807) is 30.3 Å². The Morgan fingerprint density at radius 2 is 1.70 bits per heavy atom. The molecule has 1 saturated heterocycles. The van der Waals surface area contributed by atoms with E-state index in [-0.39, 0.29) is 16.2 Å². The van der Waals surface area contributed by atoms with Gasteiger partial charge < -0.3 is 4.74 Å². The van der Waals surface area contributed by atoms with Crippen molar-refractivity contribution in [3.05, 3.63) is 59.9 Å². The molecule has 142 valence electrons. The van der Waals surface area contributed by atoms with Crippen LogP contribution in [0.3, 0.4) is 0 Å². The topological polar surface area (TPSA) is 73.6 Å². The first-order valence-electron chi connectivity index (χ1n) is 8.61. The molecule has 0 spiro atoms. The zero-order valence-electron chi connectivity index (χ0n) is 14.7. The van der Waals surface area contributed by atoms with Crippen LogP contribution in [-0.4, -0.2) is 57.0 Å². The highest BCUT2D eigenvalue weighted by molar-refractivity contribution is 7.89. The van der Waals surface area contributed by atoms with Crippen molar-refractivity contribution in [3.8, 4) is 11.8 Å². The molecule has 27 heavy (non-hydrogen) atoms. The van der Waals surface area contributed by atoms with E-state index in [1.807, 2.05) is 6.07 Å². The summed E-state index contributed by atoms with van der Waals surface area (Å²) in [5.74, 6) is -0.184. The molecule has 0 N–H and O–H groups in total. The van der Waals surface area contributed by atoms with E-state index in [0.717, 1.165) is 0 Å².